The molecule has 0 radical (unpaired) electrons. The minimum absolute atomic E-state index is 0.0481. The molecule has 2 atom stereocenters. The Morgan fingerprint density at radius 3 is 2.56 bits per heavy atom. The molecule has 92 valence electrons. The Balaban J connectivity index is 2.52. The standard InChI is InChI=1S/C11H20N2O3/c1-7-8(4-5-12-7)10(16)13-11(2,3)6-9(14)15/h7-8,12H,4-6H2,1-3H3,(H,13,16)(H,14,15). The van der Waals surface area contributed by atoms with Crippen molar-refractivity contribution >= 4 is 11.9 Å². The number of rotatable bonds is 4. The zero-order valence-corrected chi connectivity index (χ0v) is 10.0. The van der Waals surface area contributed by atoms with E-state index in [2.05, 4.69) is 10.6 Å². The van der Waals surface area contributed by atoms with Gasteiger partial charge in [-0.05, 0) is 33.7 Å². The van der Waals surface area contributed by atoms with Crippen molar-refractivity contribution in [2.75, 3.05) is 6.54 Å². The van der Waals surface area contributed by atoms with Crippen LogP contribution in [-0.2, 0) is 9.59 Å². The number of carboxylic acids is 1. The molecule has 1 rings (SSSR count). The van der Waals surface area contributed by atoms with Crippen LogP contribution in [0.15, 0.2) is 0 Å². The van der Waals surface area contributed by atoms with Crippen LogP contribution in [0.4, 0.5) is 0 Å². The van der Waals surface area contributed by atoms with E-state index in [1.807, 2.05) is 6.92 Å². The summed E-state index contributed by atoms with van der Waals surface area (Å²) in [4.78, 5) is 22.5. The molecule has 3 N–H and O–H groups in total. The number of hydrogen-bond acceptors (Lipinski definition) is 3. The maximum absolute atomic E-state index is 11.9. The van der Waals surface area contributed by atoms with Gasteiger partial charge in [-0.25, -0.2) is 0 Å². The van der Waals surface area contributed by atoms with Crippen molar-refractivity contribution in [2.45, 2.75) is 45.2 Å². The van der Waals surface area contributed by atoms with Crippen LogP contribution in [0.2, 0.25) is 0 Å². The van der Waals surface area contributed by atoms with Gasteiger partial charge in [0.15, 0.2) is 0 Å². The van der Waals surface area contributed by atoms with Crippen LogP contribution in [0.25, 0.3) is 0 Å². The Morgan fingerprint density at radius 1 is 1.50 bits per heavy atom. The first kappa shape index (κ1) is 13.0. The van der Waals surface area contributed by atoms with Crippen molar-refractivity contribution in [2.24, 2.45) is 5.92 Å². The first-order chi connectivity index (χ1) is 7.32. The van der Waals surface area contributed by atoms with Gasteiger partial charge in [-0.15, -0.1) is 0 Å². The number of aliphatic carboxylic acids is 1. The molecule has 16 heavy (non-hydrogen) atoms. The Hall–Kier alpha value is -1.10. The third-order valence-corrected chi connectivity index (χ3v) is 2.92. The molecule has 0 bridgehead atoms. The summed E-state index contributed by atoms with van der Waals surface area (Å²) in [7, 11) is 0. The molecule has 0 spiro atoms. The summed E-state index contributed by atoms with van der Waals surface area (Å²) >= 11 is 0. The molecule has 1 amide bonds. The second kappa shape index (κ2) is 4.82. The van der Waals surface area contributed by atoms with Crippen molar-refractivity contribution in [3.63, 3.8) is 0 Å². The molecule has 0 aliphatic carbocycles. The molecule has 0 aromatic rings. The van der Waals surface area contributed by atoms with E-state index in [4.69, 9.17) is 5.11 Å². The first-order valence-electron chi connectivity index (χ1n) is 5.59. The van der Waals surface area contributed by atoms with E-state index in [1.165, 1.54) is 0 Å². The fraction of sp³-hybridized carbons (Fsp3) is 0.818. The Morgan fingerprint density at radius 2 is 2.12 bits per heavy atom. The SMILES string of the molecule is CC1NCCC1C(=O)NC(C)(C)CC(=O)O. The van der Waals surface area contributed by atoms with Gasteiger partial charge < -0.3 is 15.7 Å². The van der Waals surface area contributed by atoms with E-state index in [9.17, 15) is 9.59 Å². The minimum atomic E-state index is -0.900. The highest BCUT2D eigenvalue weighted by molar-refractivity contribution is 5.81. The Bertz CT molecular complexity index is 289. The summed E-state index contributed by atoms with van der Waals surface area (Å²) in [5, 5.41) is 14.7. The topological polar surface area (TPSA) is 78.4 Å². The normalized spacial score (nSPS) is 25.4. The predicted molar refractivity (Wildman–Crippen MR) is 60.0 cm³/mol. The molecule has 1 aliphatic heterocycles. The second-order valence-electron chi connectivity index (χ2n) is 5.08. The lowest BCUT2D eigenvalue weighted by atomic mass is 9.96. The van der Waals surface area contributed by atoms with Gasteiger partial charge in [-0.3, -0.25) is 9.59 Å². The number of carboxylic acid groups (broad SMARTS) is 1. The largest absolute Gasteiger partial charge is 0.481 e. The van der Waals surface area contributed by atoms with Crippen molar-refractivity contribution in [3.05, 3.63) is 0 Å². The molecule has 0 aromatic heterocycles. The van der Waals surface area contributed by atoms with E-state index in [1.54, 1.807) is 13.8 Å². The maximum Gasteiger partial charge on any atom is 0.305 e. The fourth-order valence-electron chi connectivity index (χ4n) is 2.07. The highest BCUT2D eigenvalue weighted by Crippen LogP contribution is 2.17. The van der Waals surface area contributed by atoms with Crippen molar-refractivity contribution < 1.29 is 14.7 Å². The average molecular weight is 228 g/mol. The lowest BCUT2D eigenvalue weighted by molar-refractivity contribution is -0.139. The third kappa shape index (κ3) is 3.48. The average Bonchev–Trinajstić information content (AvgIpc) is 2.47. The molecule has 1 saturated heterocycles. The van der Waals surface area contributed by atoms with Gasteiger partial charge >= 0.3 is 5.97 Å². The van der Waals surface area contributed by atoms with Crippen molar-refractivity contribution in [3.8, 4) is 0 Å². The molecule has 1 fully saturated rings. The van der Waals surface area contributed by atoms with Crippen molar-refractivity contribution in [1.29, 1.82) is 0 Å². The summed E-state index contributed by atoms with van der Waals surface area (Å²) in [6.07, 6.45) is 0.753. The molecular weight excluding hydrogens is 208 g/mol. The lowest BCUT2D eigenvalue weighted by Gasteiger charge is -2.27. The summed E-state index contributed by atoms with van der Waals surface area (Å²) in [5.74, 6) is -1.00. The molecule has 5 heteroatoms. The first-order valence-corrected chi connectivity index (χ1v) is 5.59. The molecule has 5 nitrogen and oxygen atoms in total. The zero-order valence-electron chi connectivity index (χ0n) is 10.0. The highest BCUT2D eigenvalue weighted by atomic mass is 16.4. The van der Waals surface area contributed by atoms with Gasteiger partial charge in [-0.2, -0.15) is 0 Å². The van der Waals surface area contributed by atoms with Crippen LogP contribution in [0.5, 0.6) is 0 Å². The summed E-state index contributed by atoms with van der Waals surface area (Å²) in [6.45, 7) is 6.28. The predicted octanol–water partition coefficient (Wildman–Crippen LogP) is 0.354. The van der Waals surface area contributed by atoms with E-state index in [-0.39, 0.29) is 24.3 Å². The van der Waals surface area contributed by atoms with Gasteiger partial charge in [0.05, 0.1) is 12.3 Å². The quantitative estimate of drug-likeness (QED) is 0.649. The van der Waals surface area contributed by atoms with Gasteiger partial charge in [0.1, 0.15) is 0 Å². The van der Waals surface area contributed by atoms with E-state index in [0.717, 1.165) is 13.0 Å². The van der Waals surface area contributed by atoms with E-state index in [0.29, 0.717) is 0 Å². The van der Waals surface area contributed by atoms with Gasteiger partial charge in [0.2, 0.25) is 5.91 Å². The maximum atomic E-state index is 11.9. The van der Waals surface area contributed by atoms with E-state index < -0.39 is 11.5 Å². The lowest BCUT2D eigenvalue weighted by Crippen LogP contribution is -2.49. The van der Waals surface area contributed by atoms with Crippen LogP contribution in [0.1, 0.15) is 33.6 Å². The van der Waals surface area contributed by atoms with Crippen LogP contribution >= 0.6 is 0 Å². The molecular formula is C11H20N2O3. The second-order valence-corrected chi connectivity index (χ2v) is 5.08. The molecule has 2 unspecified atom stereocenters. The minimum Gasteiger partial charge on any atom is -0.481 e. The fourth-order valence-corrected chi connectivity index (χ4v) is 2.07. The number of carbonyl (C=O) groups excluding carboxylic acids is 1. The molecule has 0 aromatic carbocycles. The van der Waals surface area contributed by atoms with Gasteiger partial charge in [0, 0.05) is 11.6 Å². The number of hydrogen-bond donors (Lipinski definition) is 3. The zero-order chi connectivity index (χ0) is 12.3. The summed E-state index contributed by atoms with van der Waals surface area (Å²) < 4.78 is 0. The smallest absolute Gasteiger partial charge is 0.305 e. The number of nitrogens with one attached hydrogen (secondary N) is 2. The Labute approximate surface area is 95.6 Å². The van der Waals surface area contributed by atoms with E-state index >= 15 is 0 Å². The van der Waals surface area contributed by atoms with Crippen molar-refractivity contribution in [1.82, 2.24) is 10.6 Å². The summed E-state index contributed by atoms with van der Waals surface area (Å²) in [5.41, 5.74) is -0.689. The highest BCUT2D eigenvalue weighted by Gasteiger charge is 2.33. The van der Waals surface area contributed by atoms with Gasteiger partial charge in [0.25, 0.3) is 0 Å². The molecule has 1 heterocycles. The monoisotopic (exact) mass is 228 g/mol. The van der Waals surface area contributed by atoms with Crippen LogP contribution in [0.3, 0.4) is 0 Å². The molecule has 1 aliphatic rings. The summed E-state index contributed by atoms with van der Waals surface area (Å²) in [6, 6.07) is 0.167. The Kier molecular flexibility index (Phi) is 3.91. The van der Waals surface area contributed by atoms with Crippen LogP contribution < -0.4 is 10.6 Å². The van der Waals surface area contributed by atoms with Gasteiger partial charge in [-0.1, -0.05) is 0 Å². The number of carbonyl (C=O) groups is 2. The molecule has 0 saturated carbocycles. The van der Waals surface area contributed by atoms with Crippen LogP contribution in [-0.4, -0.2) is 35.1 Å². The third-order valence-electron chi connectivity index (χ3n) is 2.92. The number of amides is 1. The van der Waals surface area contributed by atoms with Crippen LogP contribution in [0, 0.1) is 5.92 Å².